The topological polar surface area (TPSA) is 74.7 Å². The fourth-order valence-corrected chi connectivity index (χ4v) is 3.96. The number of fused-ring (bicyclic) bond motifs is 2. The quantitative estimate of drug-likeness (QED) is 0.862. The van der Waals surface area contributed by atoms with Crippen LogP contribution in [0.2, 0.25) is 0 Å². The summed E-state index contributed by atoms with van der Waals surface area (Å²) in [5, 5.41) is 11.3. The second-order valence-electron chi connectivity index (χ2n) is 6.52. The van der Waals surface area contributed by atoms with Gasteiger partial charge < -0.3 is 5.11 Å². The fraction of sp³-hybridized carbons (Fsp3) is 0.316. The second kappa shape index (κ2) is 5.44. The van der Waals surface area contributed by atoms with Crippen LogP contribution < -0.4 is 0 Å². The lowest BCUT2D eigenvalue weighted by atomic mass is 9.83. The lowest BCUT2D eigenvalue weighted by Gasteiger charge is -2.34. The van der Waals surface area contributed by atoms with Crippen LogP contribution in [-0.4, -0.2) is 33.8 Å². The average molecular weight is 323 g/mol. The Kier molecular flexibility index (Phi) is 3.37. The van der Waals surface area contributed by atoms with Gasteiger partial charge in [-0.05, 0) is 35.7 Å². The number of benzene rings is 2. The molecule has 2 aliphatic rings. The van der Waals surface area contributed by atoms with E-state index in [9.17, 15) is 19.5 Å². The van der Waals surface area contributed by atoms with Gasteiger partial charge in [0, 0.05) is 0 Å². The van der Waals surface area contributed by atoms with E-state index in [4.69, 9.17) is 0 Å². The molecule has 0 spiro atoms. The van der Waals surface area contributed by atoms with Crippen molar-refractivity contribution in [3.63, 3.8) is 0 Å². The summed E-state index contributed by atoms with van der Waals surface area (Å²) < 4.78 is 0. The Morgan fingerprint density at radius 2 is 1.50 bits per heavy atom. The smallest absolute Gasteiger partial charge is 0.308 e. The largest absolute Gasteiger partial charge is 0.481 e. The maximum atomic E-state index is 12.8. The minimum atomic E-state index is -0.929. The van der Waals surface area contributed by atoms with Crippen molar-refractivity contribution in [2.75, 3.05) is 0 Å². The molecule has 2 aromatic rings. The number of carbonyl (C=O) groups is 3. The highest BCUT2D eigenvalue weighted by Crippen LogP contribution is 2.35. The molecule has 4 rings (SSSR count). The van der Waals surface area contributed by atoms with Gasteiger partial charge >= 0.3 is 5.97 Å². The summed E-state index contributed by atoms with van der Waals surface area (Å²) in [6, 6.07) is 10.5. The highest BCUT2D eigenvalue weighted by molar-refractivity contribution is 6.23. The van der Waals surface area contributed by atoms with Crippen LogP contribution in [0.1, 0.15) is 46.4 Å². The molecule has 0 saturated heterocycles. The van der Waals surface area contributed by atoms with E-state index < -0.39 is 17.9 Å². The third-order valence-electron chi connectivity index (χ3n) is 5.16. The van der Waals surface area contributed by atoms with E-state index in [1.54, 1.807) is 12.1 Å². The van der Waals surface area contributed by atoms with Gasteiger partial charge in [0.1, 0.15) is 0 Å². The summed E-state index contributed by atoms with van der Waals surface area (Å²) in [7, 11) is 0. The zero-order chi connectivity index (χ0) is 16.8. The molecule has 1 heterocycles. The van der Waals surface area contributed by atoms with E-state index in [2.05, 4.69) is 0 Å². The van der Waals surface area contributed by atoms with Gasteiger partial charge in [-0.25, -0.2) is 0 Å². The zero-order valence-electron chi connectivity index (χ0n) is 13.1. The van der Waals surface area contributed by atoms with Crippen molar-refractivity contribution >= 4 is 28.6 Å². The Bertz CT molecular complexity index is 818. The first-order chi connectivity index (χ1) is 11.6. The molecule has 2 aromatic carbocycles. The summed E-state index contributed by atoms with van der Waals surface area (Å²) in [4.78, 5) is 38.4. The number of nitrogens with zero attached hydrogens (tertiary/aromatic N) is 1. The third-order valence-corrected chi connectivity index (χ3v) is 5.16. The minimum absolute atomic E-state index is 0.362. The lowest BCUT2D eigenvalue weighted by molar-refractivity contribution is -0.144. The van der Waals surface area contributed by atoms with E-state index in [0.717, 1.165) is 23.6 Å². The number of rotatable bonds is 2. The van der Waals surface area contributed by atoms with Crippen LogP contribution >= 0.6 is 0 Å². The van der Waals surface area contributed by atoms with Gasteiger partial charge in [0.2, 0.25) is 0 Å². The highest BCUT2D eigenvalue weighted by Gasteiger charge is 2.45. The first-order valence-electron chi connectivity index (χ1n) is 8.21. The van der Waals surface area contributed by atoms with Crippen LogP contribution in [0.5, 0.6) is 0 Å². The van der Waals surface area contributed by atoms with Gasteiger partial charge in [-0.3, -0.25) is 19.3 Å². The summed E-state index contributed by atoms with van der Waals surface area (Å²) in [5.74, 6) is -2.32. The summed E-state index contributed by atoms with van der Waals surface area (Å²) in [6.45, 7) is 0. The maximum absolute atomic E-state index is 12.8. The molecule has 1 aliphatic heterocycles. The molecule has 5 nitrogen and oxygen atoms in total. The van der Waals surface area contributed by atoms with Crippen LogP contribution in [0.3, 0.4) is 0 Å². The van der Waals surface area contributed by atoms with Crippen LogP contribution in [-0.2, 0) is 4.79 Å². The fourth-order valence-electron chi connectivity index (χ4n) is 3.96. The molecule has 24 heavy (non-hydrogen) atoms. The maximum Gasteiger partial charge on any atom is 0.308 e. The van der Waals surface area contributed by atoms with Gasteiger partial charge in [-0.1, -0.05) is 37.1 Å². The molecule has 0 radical (unpaired) electrons. The molecule has 0 unspecified atom stereocenters. The zero-order valence-corrected chi connectivity index (χ0v) is 13.1. The van der Waals surface area contributed by atoms with Gasteiger partial charge in [-0.2, -0.15) is 0 Å². The molecule has 1 saturated carbocycles. The molecule has 1 N–H and O–H groups in total. The number of carboxylic acids is 1. The molecular formula is C19H17NO4. The van der Waals surface area contributed by atoms with E-state index in [1.807, 2.05) is 24.3 Å². The van der Waals surface area contributed by atoms with Crippen molar-refractivity contribution in [1.29, 1.82) is 0 Å². The molecule has 2 atom stereocenters. The Morgan fingerprint density at radius 1 is 0.958 bits per heavy atom. The lowest BCUT2D eigenvalue weighted by Crippen LogP contribution is -2.48. The van der Waals surface area contributed by atoms with Crippen molar-refractivity contribution < 1.29 is 19.5 Å². The Labute approximate surface area is 138 Å². The normalized spacial score (nSPS) is 23.6. The van der Waals surface area contributed by atoms with E-state index in [-0.39, 0.29) is 11.8 Å². The molecule has 122 valence electrons. The molecule has 0 bridgehead atoms. The molecule has 1 fully saturated rings. The van der Waals surface area contributed by atoms with Gasteiger partial charge in [0.05, 0.1) is 23.1 Å². The first-order valence-corrected chi connectivity index (χ1v) is 8.21. The Hall–Kier alpha value is -2.69. The third kappa shape index (κ3) is 2.12. The number of amides is 2. The van der Waals surface area contributed by atoms with Crippen LogP contribution in [0, 0.1) is 5.92 Å². The molecule has 0 aromatic heterocycles. The molecular weight excluding hydrogens is 306 g/mol. The average Bonchev–Trinajstić information content (AvgIpc) is 2.83. The first kappa shape index (κ1) is 14.9. The van der Waals surface area contributed by atoms with Gasteiger partial charge in [-0.15, -0.1) is 0 Å². The monoisotopic (exact) mass is 323 g/mol. The van der Waals surface area contributed by atoms with Gasteiger partial charge in [0.25, 0.3) is 11.8 Å². The summed E-state index contributed by atoms with van der Waals surface area (Å²) in [5.41, 5.74) is 0.766. The summed E-state index contributed by atoms with van der Waals surface area (Å²) in [6.07, 6.45) is 2.72. The van der Waals surface area contributed by atoms with E-state index in [0.29, 0.717) is 24.0 Å². The van der Waals surface area contributed by atoms with Crippen molar-refractivity contribution in [1.82, 2.24) is 4.90 Å². The SMILES string of the molecule is O=C(O)[C@H]1CCCC[C@@H]1N1C(=O)c2cc3ccccc3cc2C1=O. The number of carbonyl (C=O) groups excluding carboxylic acids is 2. The van der Waals surface area contributed by atoms with Crippen LogP contribution in [0.15, 0.2) is 36.4 Å². The van der Waals surface area contributed by atoms with E-state index in [1.165, 1.54) is 4.90 Å². The van der Waals surface area contributed by atoms with Gasteiger partial charge in [0.15, 0.2) is 0 Å². The predicted octanol–water partition coefficient (Wildman–Crippen LogP) is 3.08. The molecule has 1 aliphatic carbocycles. The second-order valence-corrected chi connectivity index (χ2v) is 6.52. The number of imide groups is 1. The Balaban J connectivity index is 1.78. The minimum Gasteiger partial charge on any atom is -0.481 e. The number of hydrogen-bond acceptors (Lipinski definition) is 3. The molecule has 2 amide bonds. The van der Waals surface area contributed by atoms with Crippen molar-refractivity contribution in [3.05, 3.63) is 47.5 Å². The Morgan fingerprint density at radius 3 is 2.04 bits per heavy atom. The predicted molar refractivity (Wildman–Crippen MR) is 87.8 cm³/mol. The number of carboxylic acid groups (broad SMARTS) is 1. The number of aliphatic carboxylic acids is 1. The van der Waals surface area contributed by atoms with Crippen molar-refractivity contribution in [3.8, 4) is 0 Å². The van der Waals surface area contributed by atoms with E-state index >= 15 is 0 Å². The van der Waals surface area contributed by atoms with Crippen LogP contribution in [0.25, 0.3) is 10.8 Å². The number of hydrogen-bond donors (Lipinski definition) is 1. The highest BCUT2D eigenvalue weighted by atomic mass is 16.4. The summed E-state index contributed by atoms with van der Waals surface area (Å²) >= 11 is 0. The van der Waals surface area contributed by atoms with Crippen molar-refractivity contribution in [2.24, 2.45) is 5.92 Å². The standard InChI is InChI=1S/C19H17NO4/c21-17-14-9-11-5-1-2-6-12(11)10-15(14)18(22)20(17)16-8-4-3-7-13(16)19(23)24/h1-2,5-6,9-10,13,16H,3-4,7-8H2,(H,23,24)/t13-,16-/m0/s1. The van der Waals surface area contributed by atoms with Crippen molar-refractivity contribution in [2.45, 2.75) is 31.7 Å². The molecule has 5 heteroatoms. The van der Waals surface area contributed by atoms with Crippen LogP contribution in [0.4, 0.5) is 0 Å².